The zero-order valence-electron chi connectivity index (χ0n) is 9.76. The quantitative estimate of drug-likeness (QED) is 0.874. The second-order valence-electron chi connectivity index (χ2n) is 3.82. The van der Waals surface area contributed by atoms with Crippen LogP contribution in [0.1, 0.15) is 11.1 Å². The Balaban J connectivity index is 2.06. The minimum absolute atomic E-state index is 0.277. The van der Waals surface area contributed by atoms with Gasteiger partial charge in [0.05, 0.1) is 11.2 Å². The molecule has 18 heavy (non-hydrogen) atoms. The first-order chi connectivity index (χ1) is 8.56. The number of benzene rings is 1. The smallest absolute Gasteiger partial charge is 0.121 e. The van der Waals surface area contributed by atoms with Crippen molar-refractivity contribution in [1.29, 1.82) is 0 Å². The first kappa shape index (κ1) is 12.9. The van der Waals surface area contributed by atoms with Crippen LogP contribution >= 0.6 is 23.8 Å². The van der Waals surface area contributed by atoms with Crippen molar-refractivity contribution in [3.63, 3.8) is 0 Å². The molecule has 1 aromatic carbocycles. The van der Waals surface area contributed by atoms with Crippen LogP contribution in [0.15, 0.2) is 30.6 Å². The number of aryl methyl sites for hydroxylation is 1. The summed E-state index contributed by atoms with van der Waals surface area (Å²) < 4.78 is 7.32. The number of nitrogens with two attached hydrogens (primary N) is 1. The monoisotopic (exact) mass is 281 g/mol. The maximum Gasteiger partial charge on any atom is 0.121 e. The van der Waals surface area contributed by atoms with Crippen LogP contribution in [0.4, 0.5) is 0 Å². The van der Waals surface area contributed by atoms with Crippen molar-refractivity contribution in [1.82, 2.24) is 9.78 Å². The Bertz CT molecular complexity index is 582. The van der Waals surface area contributed by atoms with E-state index < -0.39 is 0 Å². The lowest BCUT2D eigenvalue weighted by atomic mass is 10.2. The van der Waals surface area contributed by atoms with Gasteiger partial charge in [-0.15, -0.1) is 0 Å². The molecular weight excluding hydrogens is 270 g/mol. The number of hydrogen-bond acceptors (Lipinski definition) is 3. The van der Waals surface area contributed by atoms with Gasteiger partial charge < -0.3 is 10.5 Å². The second-order valence-corrected chi connectivity index (χ2v) is 4.66. The number of aromatic nitrogens is 2. The molecule has 2 N–H and O–H groups in total. The van der Waals surface area contributed by atoms with Crippen LogP contribution in [0.2, 0.25) is 5.02 Å². The zero-order chi connectivity index (χ0) is 13.1. The highest BCUT2D eigenvalue weighted by Crippen LogP contribution is 2.23. The van der Waals surface area contributed by atoms with Crippen molar-refractivity contribution < 1.29 is 4.74 Å². The second kappa shape index (κ2) is 5.37. The summed E-state index contributed by atoms with van der Waals surface area (Å²) in [5.74, 6) is 0.670. The van der Waals surface area contributed by atoms with Crippen LogP contribution in [0.5, 0.6) is 5.75 Å². The number of hydrogen-bond donors (Lipinski definition) is 1. The number of rotatable bonds is 4. The molecule has 0 aliphatic rings. The Morgan fingerprint density at radius 1 is 1.56 bits per heavy atom. The molecule has 0 saturated heterocycles. The molecule has 0 fully saturated rings. The summed E-state index contributed by atoms with van der Waals surface area (Å²) >= 11 is 10.9. The van der Waals surface area contributed by atoms with Gasteiger partial charge in [0.2, 0.25) is 0 Å². The number of ether oxygens (including phenoxy) is 1. The van der Waals surface area contributed by atoms with E-state index in [1.54, 1.807) is 29.1 Å². The summed E-state index contributed by atoms with van der Waals surface area (Å²) in [5.41, 5.74) is 7.17. The molecule has 4 nitrogen and oxygen atoms in total. The van der Waals surface area contributed by atoms with Gasteiger partial charge in [-0.2, -0.15) is 5.10 Å². The summed E-state index contributed by atoms with van der Waals surface area (Å²) in [7, 11) is 1.86. The summed E-state index contributed by atoms with van der Waals surface area (Å²) in [6, 6.07) is 5.24. The third-order valence-electron chi connectivity index (χ3n) is 2.37. The largest absolute Gasteiger partial charge is 0.489 e. The molecule has 0 aliphatic heterocycles. The third kappa shape index (κ3) is 3.00. The lowest BCUT2D eigenvalue weighted by molar-refractivity contribution is 0.306. The Labute approximate surface area is 115 Å². The maximum absolute atomic E-state index is 6.05. The van der Waals surface area contributed by atoms with Crippen LogP contribution in [0.3, 0.4) is 0 Å². The van der Waals surface area contributed by atoms with Crippen molar-refractivity contribution in [2.75, 3.05) is 0 Å². The average Bonchev–Trinajstić information content (AvgIpc) is 2.72. The molecule has 0 unspecified atom stereocenters. The van der Waals surface area contributed by atoms with E-state index in [9.17, 15) is 0 Å². The summed E-state index contributed by atoms with van der Waals surface area (Å²) in [4.78, 5) is 0.277. The van der Waals surface area contributed by atoms with Crippen molar-refractivity contribution in [2.45, 2.75) is 6.61 Å². The normalized spacial score (nSPS) is 10.3. The molecule has 1 aromatic heterocycles. The third-order valence-corrected chi connectivity index (χ3v) is 2.90. The van der Waals surface area contributed by atoms with Gasteiger partial charge in [-0.25, -0.2) is 0 Å². The molecule has 0 atom stereocenters. The first-order valence-corrected chi connectivity index (χ1v) is 6.04. The van der Waals surface area contributed by atoms with Crippen molar-refractivity contribution in [3.05, 3.63) is 46.7 Å². The molecule has 2 aromatic rings. The fourth-order valence-electron chi connectivity index (χ4n) is 1.50. The van der Waals surface area contributed by atoms with E-state index in [0.717, 1.165) is 5.56 Å². The molecule has 0 bridgehead atoms. The number of thiocarbonyl (C=S) groups is 1. The highest BCUT2D eigenvalue weighted by Gasteiger charge is 2.05. The van der Waals surface area contributed by atoms with E-state index in [1.807, 2.05) is 13.2 Å². The van der Waals surface area contributed by atoms with Crippen LogP contribution in [0, 0.1) is 0 Å². The van der Waals surface area contributed by atoms with Crippen molar-refractivity contribution in [2.24, 2.45) is 12.8 Å². The van der Waals surface area contributed by atoms with E-state index in [2.05, 4.69) is 5.10 Å². The maximum atomic E-state index is 6.05. The number of nitrogens with zero attached hydrogens (tertiary/aromatic N) is 2. The standard InChI is InChI=1S/C12H12ClN3OS/c1-16-6-8(5-15-16)7-17-9-2-3-10(12(14)18)11(13)4-9/h2-6H,7H2,1H3,(H2,14,18). The Kier molecular flexibility index (Phi) is 3.84. The van der Waals surface area contributed by atoms with Gasteiger partial charge in [0.25, 0.3) is 0 Å². The molecule has 0 spiro atoms. The van der Waals surface area contributed by atoms with E-state index in [4.69, 9.17) is 34.3 Å². The lowest BCUT2D eigenvalue weighted by Gasteiger charge is -2.07. The zero-order valence-corrected chi connectivity index (χ0v) is 11.3. The first-order valence-electron chi connectivity index (χ1n) is 5.26. The Hall–Kier alpha value is -1.59. The fraction of sp³-hybridized carbons (Fsp3) is 0.167. The van der Waals surface area contributed by atoms with E-state index in [-0.39, 0.29) is 4.99 Å². The molecule has 1 heterocycles. The summed E-state index contributed by atoms with van der Waals surface area (Å²) in [6.07, 6.45) is 3.65. The van der Waals surface area contributed by atoms with E-state index in [0.29, 0.717) is 22.9 Å². The van der Waals surface area contributed by atoms with Crippen LogP contribution < -0.4 is 10.5 Å². The van der Waals surface area contributed by atoms with Gasteiger partial charge in [0.1, 0.15) is 17.3 Å². The lowest BCUT2D eigenvalue weighted by Crippen LogP contribution is -2.09. The van der Waals surface area contributed by atoms with Crippen LogP contribution in [-0.2, 0) is 13.7 Å². The SMILES string of the molecule is Cn1cc(COc2ccc(C(N)=S)c(Cl)c2)cn1. The van der Waals surface area contributed by atoms with Gasteiger partial charge in [0, 0.05) is 24.4 Å². The fourth-order valence-corrected chi connectivity index (χ4v) is 2.00. The molecule has 0 radical (unpaired) electrons. The van der Waals surface area contributed by atoms with Crippen LogP contribution in [0.25, 0.3) is 0 Å². The van der Waals surface area contributed by atoms with Gasteiger partial charge in [0.15, 0.2) is 0 Å². The molecule has 2 rings (SSSR count). The van der Waals surface area contributed by atoms with Gasteiger partial charge in [-0.05, 0) is 18.2 Å². The summed E-state index contributed by atoms with van der Waals surface area (Å²) in [6.45, 7) is 0.441. The highest BCUT2D eigenvalue weighted by molar-refractivity contribution is 7.80. The van der Waals surface area contributed by atoms with E-state index >= 15 is 0 Å². The van der Waals surface area contributed by atoms with Crippen LogP contribution in [-0.4, -0.2) is 14.8 Å². The van der Waals surface area contributed by atoms with Gasteiger partial charge in [-0.3, -0.25) is 4.68 Å². The molecule has 0 saturated carbocycles. The molecule has 94 valence electrons. The molecule has 6 heteroatoms. The van der Waals surface area contributed by atoms with Gasteiger partial charge >= 0.3 is 0 Å². The van der Waals surface area contributed by atoms with Crippen molar-refractivity contribution in [3.8, 4) is 5.75 Å². The Morgan fingerprint density at radius 2 is 2.33 bits per heavy atom. The topological polar surface area (TPSA) is 53.1 Å². The highest BCUT2D eigenvalue weighted by atomic mass is 35.5. The molecule has 0 amide bonds. The predicted molar refractivity (Wildman–Crippen MR) is 74.9 cm³/mol. The predicted octanol–water partition coefficient (Wildman–Crippen LogP) is 2.29. The summed E-state index contributed by atoms with van der Waals surface area (Å²) in [5, 5.41) is 4.55. The van der Waals surface area contributed by atoms with Crippen molar-refractivity contribution >= 4 is 28.8 Å². The average molecular weight is 282 g/mol. The molecule has 0 aliphatic carbocycles. The van der Waals surface area contributed by atoms with Gasteiger partial charge in [-0.1, -0.05) is 23.8 Å². The minimum atomic E-state index is 0.277. The van der Waals surface area contributed by atoms with E-state index in [1.165, 1.54) is 0 Å². The molecular formula is C12H12ClN3OS. The number of halogens is 1. The Morgan fingerprint density at radius 3 is 2.89 bits per heavy atom. The minimum Gasteiger partial charge on any atom is -0.489 e.